The van der Waals surface area contributed by atoms with Crippen molar-refractivity contribution in [2.24, 2.45) is 5.92 Å². The summed E-state index contributed by atoms with van der Waals surface area (Å²) >= 11 is 0. The Bertz CT molecular complexity index is 1180. The van der Waals surface area contributed by atoms with E-state index in [0.29, 0.717) is 16.8 Å². The molecule has 2 aromatic carbocycles. The predicted octanol–water partition coefficient (Wildman–Crippen LogP) is 5.53. The van der Waals surface area contributed by atoms with Crippen molar-refractivity contribution in [1.29, 1.82) is 0 Å². The van der Waals surface area contributed by atoms with Crippen molar-refractivity contribution in [3.05, 3.63) is 77.4 Å². The maximum absolute atomic E-state index is 14.0. The van der Waals surface area contributed by atoms with Crippen LogP contribution in [0.15, 0.2) is 55.1 Å². The molecule has 2 unspecified atom stereocenters. The van der Waals surface area contributed by atoms with Crippen LogP contribution in [-0.4, -0.2) is 41.0 Å². The molecule has 0 radical (unpaired) electrons. The quantitative estimate of drug-likeness (QED) is 0.338. The van der Waals surface area contributed by atoms with E-state index in [1.54, 1.807) is 51.1 Å². The number of hydrogen-bond acceptors (Lipinski definition) is 4. The fraction of sp³-hybridized carbons (Fsp3) is 0.387. The molecule has 0 fully saturated rings. The summed E-state index contributed by atoms with van der Waals surface area (Å²) in [5.41, 5.74) is 2.96. The summed E-state index contributed by atoms with van der Waals surface area (Å²) in [6.45, 7) is 16.6. The van der Waals surface area contributed by atoms with Gasteiger partial charge in [0.05, 0.1) is 0 Å². The van der Waals surface area contributed by atoms with Crippen molar-refractivity contribution in [2.75, 3.05) is 11.9 Å². The van der Waals surface area contributed by atoms with E-state index in [-0.39, 0.29) is 12.5 Å². The lowest BCUT2D eigenvalue weighted by Gasteiger charge is -2.35. The van der Waals surface area contributed by atoms with Crippen molar-refractivity contribution in [2.45, 2.75) is 66.2 Å². The molecule has 2 aromatic rings. The average Bonchev–Trinajstić information content (AvgIpc) is 2.83. The smallest absolute Gasteiger partial charge is 0.408 e. The lowest BCUT2D eigenvalue weighted by Crippen LogP contribution is -2.54. The van der Waals surface area contributed by atoms with Crippen molar-refractivity contribution >= 4 is 23.6 Å². The summed E-state index contributed by atoms with van der Waals surface area (Å²) in [5, 5.41) is 5.72. The molecule has 0 aliphatic carbocycles. The van der Waals surface area contributed by atoms with Crippen molar-refractivity contribution in [1.82, 2.24) is 10.2 Å². The second kappa shape index (κ2) is 13.0. The maximum atomic E-state index is 14.0. The van der Waals surface area contributed by atoms with Crippen LogP contribution in [-0.2, 0) is 14.3 Å². The molecule has 0 saturated heterocycles. The number of hydrogen-bond donors (Lipinski definition) is 2. The molecule has 38 heavy (non-hydrogen) atoms. The van der Waals surface area contributed by atoms with Gasteiger partial charge in [0.1, 0.15) is 17.7 Å². The van der Waals surface area contributed by atoms with Crippen LogP contribution in [0.3, 0.4) is 0 Å². The fourth-order valence-electron chi connectivity index (χ4n) is 4.03. The minimum Gasteiger partial charge on any atom is -0.444 e. The molecular formula is C31H39N3O4. The van der Waals surface area contributed by atoms with E-state index in [2.05, 4.69) is 23.1 Å². The van der Waals surface area contributed by atoms with Crippen molar-refractivity contribution < 1.29 is 19.1 Å². The molecule has 0 aromatic heterocycles. The zero-order valence-corrected chi connectivity index (χ0v) is 23.4. The van der Waals surface area contributed by atoms with E-state index < -0.39 is 35.6 Å². The number of nitrogens with one attached hydrogen (secondary N) is 2. The molecule has 2 atom stereocenters. The normalized spacial score (nSPS) is 12.6. The van der Waals surface area contributed by atoms with E-state index in [1.807, 2.05) is 45.9 Å². The van der Waals surface area contributed by atoms with E-state index in [4.69, 9.17) is 11.2 Å². The first-order chi connectivity index (χ1) is 17.8. The van der Waals surface area contributed by atoms with Gasteiger partial charge in [0.25, 0.3) is 5.91 Å². The molecule has 7 heteroatoms. The number of rotatable bonds is 9. The summed E-state index contributed by atoms with van der Waals surface area (Å²) in [5.74, 6) is 1.45. The van der Waals surface area contributed by atoms with Crippen LogP contribution in [0.4, 0.5) is 10.5 Å². The van der Waals surface area contributed by atoms with Gasteiger partial charge in [-0.15, -0.1) is 13.0 Å². The first-order valence-corrected chi connectivity index (χ1v) is 12.6. The minimum absolute atomic E-state index is 0.0692. The van der Waals surface area contributed by atoms with Gasteiger partial charge >= 0.3 is 6.09 Å². The fourth-order valence-corrected chi connectivity index (χ4v) is 4.03. The number of benzene rings is 2. The average molecular weight is 518 g/mol. The Labute approximate surface area is 226 Å². The zero-order valence-electron chi connectivity index (χ0n) is 23.4. The highest BCUT2D eigenvalue weighted by molar-refractivity contribution is 6.00. The highest BCUT2D eigenvalue weighted by Crippen LogP contribution is 2.28. The second-order valence-electron chi connectivity index (χ2n) is 10.6. The van der Waals surface area contributed by atoms with Crippen molar-refractivity contribution in [3.8, 4) is 12.3 Å². The van der Waals surface area contributed by atoms with Gasteiger partial charge in [0.15, 0.2) is 0 Å². The molecule has 3 amide bonds. The Kier molecular flexibility index (Phi) is 10.3. The number of alkyl carbamates (subject to hydrolysis) is 1. The molecule has 7 nitrogen and oxygen atoms in total. The molecule has 0 heterocycles. The Balaban J connectivity index is 2.55. The van der Waals surface area contributed by atoms with E-state index in [1.165, 1.54) is 4.90 Å². The summed E-state index contributed by atoms with van der Waals surface area (Å²) in [7, 11) is 0. The van der Waals surface area contributed by atoms with Crippen LogP contribution < -0.4 is 10.6 Å². The van der Waals surface area contributed by atoms with E-state index >= 15 is 0 Å². The highest BCUT2D eigenvalue weighted by atomic mass is 16.6. The Hall–Kier alpha value is -4.05. The van der Waals surface area contributed by atoms with Crippen LogP contribution >= 0.6 is 0 Å². The number of aryl methyl sites for hydroxylation is 2. The first-order valence-electron chi connectivity index (χ1n) is 12.6. The van der Waals surface area contributed by atoms with Gasteiger partial charge in [-0.2, -0.15) is 0 Å². The molecule has 202 valence electrons. The third kappa shape index (κ3) is 7.97. The Morgan fingerprint density at radius 1 is 1.08 bits per heavy atom. The standard InChI is InChI=1S/C31H39N3O4/c1-10-19-34(29(36)25(20(3)4)33-30(37)38-31(7,8)9)27(24-17-15-23(11-2)16-18-24)28(35)32-26-21(5)13-12-14-22(26)6/h2,10,12-18,20,25,27H,1,19H2,3-9H3,(H,32,35)(H,33,37). The Morgan fingerprint density at radius 3 is 2.13 bits per heavy atom. The number of ether oxygens (including phenoxy) is 1. The van der Waals surface area contributed by atoms with Gasteiger partial charge in [0, 0.05) is 17.8 Å². The minimum atomic E-state index is -1.02. The van der Waals surface area contributed by atoms with E-state index in [0.717, 1.165) is 11.1 Å². The van der Waals surface area contributed by atoms with Crippen molar-refractivity contribution in [3.63, 3.8) is 0 Å². The highest BCUT2D eigenvalue weighted by Gasteiger charge is 2.37. The number of carbonyl (C=O) groups is 3. The summed E-state index contributed by atoms with van der Waals surface area (Å²) in [4.78, 5) is 41.9. The van der Waals surface area contributed by atoms with Crippen LogP contribution in [0, 0.1) is 32.1 Å². The number of carbonyl (C=O) groups excluding carboxylic acids is 3. The molecule has 0 bridgehead atoms. The molecule has 0 aliphatic rings. The van der Waals surface area contributed by atoms with Gasteiger partial charge in [-0.25, -0.2) is 4.79 Å². The third-order valence-corrected chi connectivity index (χ3v) is 5.90. The molecule has 0 saturated carbocycles. The second-order valence-corrected chi connectivity index (χ2v) is 10.6. The third-order valence-electron chi connectivity index (χ3n) is 5.90. The summed E-state index contributed by atoms with van der Waals surface area (Å²) < 4.78 is 5.39. The number of para-hydroxylation sites is 1. The molecule has 2 rings (SSSR count). The largest absolute Gasteiger partial charge is 0.444 e. The van der Waals surface area contributed by atoms with Gasteiger partial charge in [-0.1, -0.05) is 56.2 Å². The van der Waals surface area contributed by atoms with Crippen LogP contribution in [0.1, 0.15) is 62.9 Å². The summed E-state index contributed by atoms with van der Waals surface area (Å²) in [6, 6.07) is 10.7. The zero-order chi connectivity index (χ0) is 28.6. The number of amides is 3. The van der Waals surface area contributed by atoms with Gasteiger partial charge in [-0.3, -0.25) is 9.59 Å². The lowest BCUT2D eigenvalue weighted by atomic mass is 9.98. The molecule has 0 spiro atoms. The van der Waals surface area contributed by atoms with Gasteiger partial charge in [-0.05, 0) is 69.4 Å². The topological polar surface area (TPSA) is 87.7 Å². The van der Waals surface area contributed by atoms with Crippen LogP contribution in [0.25, 0.3) is 0 Å². The van der Waals surface area contributed by atoms with Gasteiger partial charge < -0.3 is 20.3 Å². The molecular weight excluding hydrogens is 478 g/mol. The van der Waals surface area contributed by atoms with Gasteiger partial charge in [0.2, 0.25) is 5.91 Å². The molecule has 0 aliphatic heterocycles. The number of anilines is 1. The maximum Gasteiger partial charge on any atom is 0.408 e. The number of nitrogens with zero attached hydrogens (tertiary/aromatic N) is 1. The van der Waals surface area contributed by atoms with Crippen LogP contribution in [0.2, 0.25) is 0 Å². The summed E-state index contributed by atoms with van der Waals surface area (Å²) in [6.07, 6.45) is 6.37. The lowest BCUT2D eigenvalue weighted by molar-refractivity contribution is -0.141. The predicted molar refractivity (Wildman–Crippen MR) is 152 cm³/mol. The van der Waals surface area contributed by atoms with Crippen LogP contribution in [0.5, 0.6) is 0 Å². The SMILES string of the molecule is C#Cc1ccc(C(C(=O)Nc2c(C)cccc2C)N(CC=C)C(=O)C(NC(=O)OC(C)(C)C)C(C)C)cc1. The Morgan fingerprint density at radius 2 is 1.66 bits per heavy atom. The number of terminal acetylenes is 1. The monoisotopic (exact) mass is 517 g/mol. The molecule has 2 N–H and O–H groups in total. The van der Waals surface area contributed by atoms with E-state index in [9.17, 15) is 14.4 Å². The first kappa shape index (κ1) is 30.2.